The summed E-state index contributed by atoms with van der Waals surface area (Å²) in [5.74, 6) is -3.62. The molecule has 1 heterocycles. The number of aromatic nitrogens is 2. The van der Waals surface area contributed by atoms with Crippen molar-refractivity contribution in [2.24, 2.45) is 17.4 Å². The first-order chi connectivity index (χ1) is 30.5. The topological polar surface area (TPSA) is 293 Å². The summed E-state index contributed by atoms with van der Waals surface area (Å²) in [4.78, 5) is 102. The molecule has 20 heteroatoms. The van der Waals surface area contributed by atoms with Gasteiger partial charge in [-0.15, -0.1) is 0 Å². The SMILES string of the molecule is CC[C@H](NC(=O)[C@H](CCSC)NC(=O)[C@H](CC(C)C)NC(=O)[C@H](Cc1cnc[nH]1)NC(=O)[C@H](Cc1ccccc1)NC(=O)[C@H](CCSC)NC(=O)[C@@H](N)Cc1ccc(O)cc1)C(N)=O. The lowest BCUT2D eigenvalue weighted by Crippen LogP contribution is -2.60. The van der Waals surface area contributed by atoms with Crippen LogP contribution in [0.3, 0.4) is 0 Å². The summed E-state index contributed by atoms with van der Waals surface area (Å²) in [5.41, 5.74) is 13.6. The molecule has 0 aliphatic carbocycles. The van der Waals surface area contributed by atoms with Gasteiger partial charge >= 0.3 is 0 Å². The Labute approximate surface area is 383 Å². The first kappa shape index (κ1) is 52.7. The number of phenolic OH excluding ortho intramolecular Hbond substituents is 1. The van der Waals surface area contributed by atoms with Crippen molar-refractivity contribution in [1.82, 2.24) is 41.9 Å². The van der Waals surface area contributed by atoms with Gasteiger partial charge in [0, 0.05) is 24.7 Å². The molecule has 0 saturated heterocycles. The number of nitrogens with two attached hydrogens (primary N) is 2. The third-order valence-corrected chi connectivity index (χ3v) is 11.4. The number of nitrogens with zero attached hydrogens (tertiary/aromatic N) is 1. The average molecular weight is 925 g/mol. The zero-order chi connectivity index (χ0) is 47.2. The molecule has 0 radical (unpaired) electrons. The van der Waals surface area contributed by atoms with Crippen molar-refractivity contribution in [3.8, 4) is 5.75 Å². The van der Waals surface area contributed by atoms with Crippen molar-refractivity contribution < 1.29 is 38.7 Å². The molecule has 0 unspecified atom stereocenters. The number of hydrogen-bond acceptors (Lipinski definition) is 12. The van der Waals surface area contributed by atoms with E-state index >= 15 is 0 Å². The molecule has 0 bridgehead atoms. The lowest BCUT2D eigenvalue weighted by molar-refractivity contribution is -0.135. The van der Waals surface area contributed by atoms with E-state index in [0.717, 1.165) is 0 Å². The Bertz CT molecular complexity index is 1960. The van der Waals surface area contributed by atoms with Crippen LogP contribution in [0.15, 0.2) is 67.1 Å². The number of carbonyl (C=O) groups is 7. The van der Waals surface area contributed by atoms with E-state index < -0.39 is 83.6 Å². The number of aromatic hydroxyl groups is 1. The molecule has 7 atom stereocenters. The van der Waals surface area contributed by atoms with Crippen molar-refractivity contribution in [3.05, 3.63) is 83.9 Å². The molecule has 7 amide bonds. The summed E-state index contributed by atoms with van der Waals surface area (Å²) in [7, 11) is 0. The zero-order valence-electron chi connectivity index (χ0n) is 37.1. The molecular weight excluding hydrogens is 861 g/mol. The fourth-order valence-electron chi connectivity index (χ4n) is 6.59. The number of rotatable bonds is 28. The number of phenols is 1. The predicted molar refractivity (Wildman–Crippen MR) is 249 cm³/mol. The highest BCUT2D eigenvalue weighted by molar-refractivity contribution is 7.98. The fraction of sp³-hybridized carbons (Fsp3) is 0.500. The summed E-state index contributed by atoms with van der Waals surface area (Å²) in [6.45, 7) is 5.42. The van der Waals surface area contributed by atoms with E-state index in [1.807, 2.05) is 26.4 Å². The van der Waals surface area contributed by atoms with Gasteiger partial charge in [-0.1, -0.05) is 63.2 Å². The van der Waals surface area contributed by atoms with Crippen LogP contribution in [0, 0.1) is 5.92 Å². The fourth-order valence-corrected chi connectivity index (χ4v) is 7.53. The van der Waals surface area contributed by atoms with Crippen LogP contribution in [-0.2, 0) is 52.8 Å². The van der Waals surface area contributed by atoms with Crippen LogP contribution >= 0.6 is 23.5 Å². The Kier molecular flexibility index (Phi) is 22.7. The van der Waals surface area contributed by atoms with Gasteiger partial charge in [-0.2, -0.15) is 23.5 Å². The molecule has 0 saturated carbocycles. The Hall–Kier alpha value is -5.60. The van der Waals surface area contributed by atoms with Gasteiger partial charge < -0.3 is 53.5 Å². The van der Waals surface area contributed by atoms with E-state index in [0.29, 0.717) is 28.3 Å². The number of imidazole rings is 1. The van der Waals surface area contributed by atoms with E-state index in [1.165, 1.54) is 48.2 Å². The number of aromatic amines is 1. The maximum absolute atomic E-state index is 14.4. The number of carbonyl (C=O) groups excluding carboxylic acids is 7. The maximum Gasteiger partial charge on any atom is 0.243 e. The summed E-state index contributed by atoms with van der Waals surface area (Å²) in [6.07, 6.45) is 7.58. The van der Waals surface area contributed by atoms with Crippen molar-refractivity contribution in [2.75, 3.05) is 24.0 Å². The minimum Gasteiger partial charge on any atom is -0.508 e. The van der Waals surface area contributed by atoms with Crippen LogP contribution in [0.5, 0.6) is 5.75 Å². The first-order valence-corrected chi connectivity index (χ1v) is 24.0. The number of primary amides is 1. The smallest absolute Gasteiger partial charge is 0.243 e. The molecule has 3 aromatic rings. The standard InChI is InChI=1S/C44H64N10O8S2/c1-6-32(38(46)56)49-40(58)34(17-19-64-5)51-42(60)35(20-26(2)3)52-44(62)37(23-29-24-47-25-48-29)54-43(61)36(22-27-10-8-7-9-11-27)53-41(59)33(16-18-63-4)50-39(57)31(45)21-28-12-14-30(55)15-13-28/h7-15,24-26,31-37,55H,6,16-23,45H2,1-5H3,(H2,46,56)(H,47,48)(H,49,58)(H,50,57)(H,51,60)(H,52,62)(H,53,59)(H,54,61)/t31-,32-,33-,34-,35-,36-,37-/m0/s1. The van der Waals surface area contributed by atoms with Gasteiger partial charge in [0.15, 0.2) is 0 Å². The van der Waals surface area contributed by atoms with Crippen molar-refractivity contribution in [2.45, 2.75) is 108 Å². The van der Waals surface area contributed by atoms with Crippen LogP contribution in [-0.4, -0.2) is 123 Å². The molecule has 1 aromatic heterocycles. The Balaban J connectivity index is 1.88. The average Bonchev–Trinajstić information content (AvgIpc) is 3.78. The normalized spacial score (nSPS) is 14.4. The molecule has 2 aromatic carbocycles. The molecule has 0 aliphatic heterocycles. The zero-order valence-corrected chi connectivity index (χ0v) is 38.7. The lowest BCUT2D eigenvalue weighted by Gasteiger charge is -2.28. The molecule has 3 rings (SSSR count). The van der Waals surface area contributed by atoms with Gasteiger partial charge in [-0.3, -0.25) is 33.6 Å². The van der Waals surface area contributed by atoms with Crippen LogP contribution < -0.4 is 43.4 Å². The number of H-pyrrole nitrogens is 1. The van der Waals surface area contributed by atoms with E-state index in [4.69, 9.17) is 11.5 Å². The highest BCUT2D eigenvalue weighted by Gasteiger charge is 2.34. The Morgan fingerprint density at radius 1 is 0.641 bits per heavy atom. The van der Waals surface area contributed by atoms with Crippen molar-refractivity contribution in [3.63, 3.8) is 0 Å². The largest absolute Gasteiger partial charge is 0.508 e. The monoisotopic (exact) mass is 924 g/mol. The molecular formula is C44H64N10O8S2. The van der Waals surface area contributed by atoms with E-state index in [2.05, 4.69) is 41.9 Å². The van der Waals surface area contributed by atoms with Gasteiger partial charge in [-0.05, 0) is 85.3 Å². The highest BCUT2D eigenvalue weighted by Crippen LogP contribution is 2.13. The van der Waals surface area contributed by atoms with Crippen LogP contribution in [0.2, 0.25) is 0 Å². The van der Waals surface area contributed by atoms with Crippen molar-refractivity contribution in [1.29, 1.82) is 0 Å². The van der Waals surface area contributed by atoms with Crippen LogP contribution in [0.1, 0.15) is 63.3 Å². The molecule has 12 N–H and O–H groups in total. The second kappa shape index (κ2) is 27.6. The lowest BCUT2D eigenvalue weighted by atomic mass is 10.0. The second-order valence-corrected chi connectivity index (χ2v) is 17.8. The van der Waals surface area contributed by atoms with Gasteiger partial charge in [0.2, 0.25) is 41.4 Å². The minimum absolute atomic E-state index is 0.0207. The van der Waals surface area contributed by atoms with E-state index in [1.54, 1.807) is 49.4 Å². The van der Waals surface area contributed by atoms with E-state index in [9.17, 15) is 38.7 Å². The summed E-state index contributed by atoms with van der Waals surface area (Å²) in [5, 5.41) is 26.1. The number of hydrogen-bond donors (Lipinski definition) is 10. The van der Waals surface area contributed by atoms with E-state index in [-0.39, 0.29) is 56.6 Å². The summed E-state index contributed by atoms with van der Waals surface area (Å²) < 4.78 is 0. The maximum atomic E-state index is 14.4. The Morgan fingerprint density at radius 2 is 1.11 bits per heavy atom. The molecule has 0 fully saturated rings. The first-order valence-electron chi connectivity index (χ1n) is 21.2. The molecule has 18 nitrogen and oxygen atoms in total. The van der Waals surface area contributed by atoms with Gasteiger partial charge in [-0.25, -0.2) is 4.98 Å². The van der Waals surface area contributed by atoms with Crippen molar-refractivity contribution >= 4 is 64.9 Å². The quantitative estimate of drug-likeness (QED) is 0.0485. The highest BCUT2D eigenvalue weighted by atomic mass is 32.2. The number of benzene rings is 2. The number of thioether (sulfide) groups is 2. The summed E-state index contributed by atoms with van der Waals surface area (Å²) >= 11 is 2.93. The third-order valence-electron chi connectivity index (χ3n) is 10.2. The molecule has 0 spiro atoms. The molecule has 0 aliphatic rings. The van der Waals surface area contributed by atoms with Gasteiger partial charge in [0.25, 0.3) is 0 Å². The molecule has 350 valence electrons. The van der Waals surface area contributed by atoms with Gasteiger partial charge in [0.1, 0.15) is 42.0 Å². The summed E-state index contributed by atoms with van der Waals surface area (Å²) in [6, 6.07) is 7.50. The molecule has 64 heavy (non-hydrogen) atoms. The number of amides is 7. The number of nitrogens with one attached hydrogen (secondary N) is 7. The van der Waals surface area contributed by atoms with Gasteiger partial charge in [0.05, 0.1) is 12.4 Å². The second-order valence-electron chi connectivity index (χ2n) is 15.8. The predicted octanol–water partition coefficient (Wildman–Crippen LogP) is 0.827. The minimum atomic E-state index is -1.29. The van der Waals surface area contributed by atoms with Crippen LogP contribution in [0.4, 0.5) is 0 Å². The van der Waals surface area contributed by atoms with Crippen LogP contribution in [0.25, 0.3) is 0 Å². The Morgan fingerprint density at radius 3 is 1.61 bits per heavy atom. The third kappa shape index (κ3) is 18.2.